The number of halogens is 4. The Morgan fingerprint density at radius 2 is 1.86 bits per heavy atom. The molecule has 1 aromatic heterocycles. The normalized spacial score (nSPS) is 13.9. The number of amidine groups is 1. The second-order valence-corrected chi connectivity index (χ2v) is 8.34. The number of unbranched alkanes of at least 4 members (excludes halogenated alkanes) is 5. The van der Waals surface area contributed by atoms with Crippen LogP contribution in [0.3, 0.4) is 0 Å². The van der Waals surface area contributed by atoms with Gasteiger partial charge < -0.3 is 10.1 Å². The molecule has 0 amide bonds. The van der Waals surface area contributed by atoms with Crippen LogP contribution in [0.15, 0.2) is 47.5 Å². The highest BCUT2D eigenvalue weighted by atomic mass is 19.4. The first-order valence-corrected chi connectivity index (χ1v) is 11.7. The average molecular weight is 491 g/mol. The van der Waals surface area contributed by atoms with Crippen molar-refractivity contribution in [3.05, 3.63) is 59.2 Å². The van der Waals surface area contributed by atoms with Crippen LogP contribution < -0.4 is 10.1 Å². The predicted molar refractivity (Wildman–Crippen MR) is 130 cm³/mol. The molecule has 1 aliphatic heterocycles. The van der Waals surface area contributed by atoms with E-state index >= 15 is 0 Å². The van der Waals surface area contributed by atoms with E-state index in [1.807, 2.05) is 6.07 Å². The van der Waals surface area contributed by atoms with Crippen molar-refractivity contribution in [2.24, 2.45) is 4.99 Å². The third-order valence-corrected chi connectivity index (χ3v) is 5.55. The number of benzene rings is 1. The largest absolute Gasteiger partial charge is 0.493 e. The summed E-state index contributed by atoms with van der Waals surface area (Å²) in [7, 11) is 0. The predicted octanol–water partition coefficient (Wildman–Crippen LogP) is 7.90. The number of nitriles is 1. The van der Waals surface area contributed by atoms with Crippen LogP contribution in [0.2, 0.25) is 0 Å². The highest BCUT2D eigenvalue weighted by Gasteiger charge is 2.35. The number of hydrogen-bond donors (Lipinski definition) is 1. The molecule has 35 heavy (non-hydrogen) atoms. The van der Waals surface area contributed by atoms with Crippen molar-refractivity contribution in [1.82, 2.24) is 4.98 Å². The van der Waals surface area contributed by atoms with Crippen LogP contribution in [0.25, 0.3) is 5.70 Å². The van der Waals surface area contributed by atoms with Gasteiger partial charge in [-0.15, -0.1) is 0 Å². The molecule has 3 rings (SSSR count). The van der Waals surface area contributed by atoms with Gasteiger partial charge in [-0.05, 0) is 30.7 Å². The number of nitrogens with one attached hydrogen (secondary N) is 1. The van der Waals surface area contributed by atoms with E-state index < -0.39 is 17.6 Å². The topological polar surface area (TPSA) is 70.3 Å². The van der Waals surface area contributed by atoms with Gasteiger partial charge >= 0.3 is 6.18 Å². The molecule has 2 heterocycles. The van der Waals surface area contributed by atoms with Crippen LogP contribution in [-0.4, -0.2) is 17.4 Å². The molecule has 0 spiro atoms. The van der Waals surface area contributed by atoms with Crippen molar-refractivity contribution in [1.29, 1.82) is 5.26 Å². The summed E-state index contributed by atoms with van der Waals surface area (Å²) in [5, 5.41) is 11.9. The maximum atomic E-state index is 14.5. The summed E-state index contributed by atoms with van der Waals surface area (Å²) in [4.78, 5) is 8.18. The van der Waals surface area contributed by atoms with E-state index in [4.69, 9.17) is 10.00 Å². The zero-order valence-electron chi connectivity index (χ0n) is 19.6. The van der Waals surface area contributed by atoms with Crippen LogP contribution in [0.4, 0.5) is 23.2 Å². The van der Waals surface area contributed by atoms with E-state index in [-0.39, 0.29) is 43.6 Å². The smallest absolute Gasteiger partial charge is 0.420 e. The van der Waals surface area contributed by atoms with Crippen LogP contribution in [0, 0.1) is 11.3 Å². The quantitative estimate of drug-likeness (QED) is 0.271. The fraction of sp³-hybridized carbons (Fsp3) is 0.423. The number of allylic oxidation sites excluding steroid dienone is 1. The Kier molecular flexibility index (Phi) is 9.24. The molecule has 0 fully saturated rings. The molecule has 188 valence electrons. The number of aliphatic imine (C=N–C) groups is 1. The monoisotopic (exact) mass is 490 g/mol. The van der Waals surface area contributed by atoms with Gasteiger partial charge in [0.25, 0.3) is 0 Å². The highest BCUT2D eigenvalue weighted by molar-refractivity contribution is 6.00. The zero-order valence-corrected chi connectivity index (χ0v) is 19.6. The average Bonchev–Trinajstić information content (AvgIpc) is 2.84. The number of alkyl halides is 3. The number of nitrogens with zero attached hydrogens (tertiary/aromatic N) is 3. The SMILES string of the molecule is CCCCCCCCOc1ccc(NC2=NC(c3cncc(C#N)c3)=C(F)CC2)cc1C(F)(F)F.[HH]. The molecule has 0 atom stereocenters. The first kappa shape index (κ1) is 26.2. The fourth-order valence-electron chi connectivity index (χ4n) is 3.73. The van der Waals surface area contributed by atoms with Crippen molar-refractivity contribution >= 4 is 17.2 Å². The number of rotatable bonds is 10. The maximum absolute atomic E-state index is 14.5. The van der Waals surface area contributed by atoms with E-state index in [1.165, 1.54) is 30.6 Å². The van der Waals surface area contributed by atoms with Crippen molar-refractivity contribution in [2.45, 2.75) is 64.5 Å². The lowest BCUT2D eigenvalue weighted by molar-refractivity contribution is -0.138. The molecule has 2 aromatic rings. The molecule has 0 unspecified atom stereocenters. The molecular weight excluding hydrogens is 460 g/mol. The number of hydrogen-bond acceptors (Lipinski definition) is 5. The zero-order chi connectivity index (χ0) is 25.3. The number of ether oxygens (including phenoxy) is 1. The van der Waals surface area contributed by atoms with Gasteiger partial charge in [0.05, 0.1) is 17.7 Å². The molecule has 0 radical (unpaired) electrons. The summed E-state index contributed by atoms with van der Waals surface area (Å²) in [5.74, 6) is -0.368. The van der Waals surface area contributed by atoms with Gasteiger partial charge in [0.2, 0.25) is 0 Å². The Morgan fingerprint density at radius 1 is 1.09 bits per heavy atom. The second kappa shape index (κ2) is 12.3. The first-order valence-electron chi connectivity index (χ1n) is 11.7. The van der Waals surface area contributed by atoms with E-state index in [0.29, 0.717) is 17.8 Å². The molecule has 1 aromatic carbocycles. The van der Waals surface area contributed by atoms with Crippen molar-refractivity contribution in [2.75, 3.05) is 11.9 Å². The number of anilines is 1. The molecule has 0 saturated heterocycles. The maximum Gasteiger partial charge on any atom is 0.420 e. The molecule has 0 saturated carbocycles. The molecule has 0 bridgehead atoms. The van der Waals surface area contributed by atoms with Gasteiger partial charge in [0, 0.05) is 37.9 Å². The van der Waals surface area contributed by atoms with Crippen molar-refractivity contribution in [3.63, 3.8) is 0 Å². The lowest BCUT2D eigenvalue weighted by Crippen LogP contribution is -2.17. The Balaban J connectivity index is 0.00000456. The first-order chi connectivity index (χ1) is 16.8. The molecule has 5 nitrogen and oxygen atoms in total. The van der Waals surface area contributed by atoms with Crippen molar-refractivity contribution in [3.8, 4) is 11.8 Å². The minimum atomic E-state index is -4.59. The minimum absolute atomic E-state index is 0. The van der Waals surface area contributed by atoms with Gasteiger partial charge in [0.15, 0.2) is 0 Å². The number of pyridine rings is 1. The lowest BCUT2D eigenvalue weighted by atomic mass is 10.1. The highest BCUT2D eigenvalue weighted by Crippen LogP contribution is 2.38. The standard InChI is InChI=1S/C26H28F4N4O.H2/c1-2-3-4-5-6-7-12-35-23-10-8-20(14-21(23)26(28,29)30)33-24-11-9-22(27)25(34-24)19-13-18(15-31)16-32-17-19;/h8,10,13-14,16-17H,2-7,9,11-12H2,1H3,(H,33,34);1H. The van der Waals surface area contributed by atoms with Crippen LogP contribution in [0.5, 0.6) is 5.75 Å². The van der Waals surface area contributed by atoms with E-state index in [2.05, 4.69) is 22.2 Å². The summed E-state index contributed by atoms with van der Waals surface area (Å²) in [5.41, 5.74) is -0.107. The third kappa shape index (κ3) is 7.54. The van der Waals surface area contributed by atoms with Gasteiger partial charge in [-0.3, -0.25) is 4.98 Å². The fourth-order valence-corrected chi connectivity index (χ4v) is 3.73. The van der Waals surface area contributed by atoms with Crippen molar-refractivity contribution < 1.29 is 23.7 Å². The Hall–Kier alpha value is -3.41. The molecule has 9 heteroatoms. The van der Waals surface area contributed by atoms with Gasteiger partial charge in [0.1, 0.15) is 29.2 Å². The summed E-state index contributed by atoms with van der Waals surface area (Å²) >= 11 is 0. The van der Waals surface area contributed by atoms with Gasteiger partial charge in [-0.25, -0.2) is 9.38 Å². The van der Waals surface area contributed by atoms with E-state index in [1.54, 1.807) is 0 Å². The molecule has 1 N–H and O–H groups in total. The van der Waals surface area contributed by atoms with Crippen LogP contribution in [0.1, 0.15) is 76.4 Å². The molecule has 1 aliphatic rings. The molecular formula is C26H30F4N4O. The van der Waals surface area contributed by atoms with Gasteiger partial charge in [-0.2, -0.15) is 18.4 Å². The van der Waals surface area contributed by atoms with E-state index in [9.17, 15) is 17.6 Å². The van der Waals surface area contributed by atoms with Gasteiger partial charge in [-0.1, -0.05) is 39.0 Å². The van der Waals surface area contributed by atoms with Crippen LogP contribution in [-0.2, 0) is 6.18 Å². The van der Waals surface area contributed by atoms with E-state index in [0.717, 1.165) is 38.2 Å². The number of aromatic nitrogens is 1. The minimum Gasteiger partial charge on any atom is -0.493 e. The Labute approximate surface area is 204 Å². The Morgan fingerprint density at radius 3 is 2.60 bits per heavy atom. The Bertz CT molecular complexity index is 1130. The summed E-state index contributed by atoms with van der Waals surface area (Å²) < 4.78 is 61.0. The second-order valence-electron chi connectivity index (χ2n) is 8.34. The molecule has 0 aliphatic carbocycles. The summed E-state index contributed by atoms with van der Waals surface area (Å²) in [6.45, 7) is 2.35. The summed E-state index contributed by atoms with van der Waals surface area (Å²) in [6.07, 6.45) is 4.44. The third-order valence-electron chi connectivity index (χ3n) is 5.55. The van der Waals surface area contributed by atoms with Crippen LogP contribution >= 0.6 is 0 Å². The lowest BCUT2D eigenvalue weighted by Gasteiger charge is -2.19. The summed E-state index contributed by atoms with van der Waals surface area (Å²) in [6, 6.07) is 7.16.